The van der Waals surface area contributed by atoms with Crippen molar-refractivity contribution < 1.29 is 18.7 Å². The predicted octanol–water partition coefficient (Wildman–Crippen LogP) is 4.68. The minimum atomic E-state index is -1.75. The van der Waals surface area contributed by atoms with E-state index in [1.54, 1.807) is 24.3 Å². The van der Waals surface area contributed by atoms with Gasteiger partial charge in [-0.25, -0.2) is 4.21 Å². The Kier molecular flexibility index (Phi) is 6.26. The molecule has 29 heavy (non-hydrogen) atoms. The highest BCUT2D eigenvalue weighted by molar-refractivity contribution is 7.85. The van der Waals surface area contributed by atoms with E-state index in [0.717, 1.165) is 0 Å². The Balaban J connectivity index is 1.96. The monoisotopic (exact) mass is 430 g/mol. The summed E-state index contributed by atoms with van der Waals surface area (Å²) in [6.45, 7) is 0. The Morgan fingerprint density at radius 3 is 2.45 bits per heavy atom. The fourth-order valence-electron chi connectivity index (χ4n) is 2.60. The molecule has 0 aromatic heterocycles. The quantitative estimate of drug-likeness (QED) is 0.452. The number of amides is 1. The molecule has 0 bridgehead atoms. The third-order valence-corrected chi connectivity index (χ3v) is 5.69. The van der Waals surface area contributed by atoms with Gasteiger partial charge >= 0.3 is 0 Å². The molecule has 1 unspecified atom stereocenters. The number of rotatable bonds is 6. The van der Waals surface area contributed by atoms with Crippen LogP contribution in [0.15, 0.2) is 76.5 Å². The number of nitrogens with one attached hydrogen (secondary N) is 1. The van der Waals surface area contributed by atoms with Crippen LogP contribution >= 0.6 is 11.6 Å². The van der Waals surface area contributed by atoms with Crippen molar-refractivity contribution in [2.75, 3.05) is 12.4 Å². The van der Waals surface area contributed by atoms with E-state index in [4.69, 9.17) is 16.3 Å². The van der Waals surface area contributed by atoms with Crippen molar-refractivity contribution in [1.82, 2.24) is 0 Å². The van der Waals surface area contributed by atoms with E-state index in [1.165, 1.54) is 49.6 Å². The number of carbonyl (C=O) groups is 1. The number of nitro benzene ring substituents is 1. The van der Waals surface area contributed by atoms with E-state index < -0.39 is 21.6 Å². The topological polar surface area (TPSA) is 98.5 Å². The second-order valence-corrected chi connectivity index (χ2v) is 7.70. The smallest absolute Gasteiger partial charge is 0.269 e. The molecule has 3 rings (SSSR count). The molecule has 7 nitrogen and oxygen atoms in total. The van der Waals surface area contributed by atoms with Crippen LogP contribution in [0.25, 0.3) is 0 Å². The van der Waals surface area contributed by atoms with Crippen LogP contribution < -0.4 is 10.1 Å². The summed E-state index contributed by atoms with van der Waals surface area (Å²) >= 11 is 6.05. The second kappa shape index (κ2) is 8.85. The lowest BCUT2D eigenvalue weighted by molar-refractivity contribution is -0.384. The largest absolute Gasteiger partial charge is 0.495 e. The third-order valence-electron chi connectivity index (χ3n) is 4.00. The Labute approximate surface area is 173 Å². The predicted molar refractivity (Wildman–Crippen MR) is 110 cm³/mol. The van der Waals surface area contributed by atoms with Crippen molar-refractivity contribution in [1.29, 1.82) is 0 Å². The van der Waals surface area contributed by atoms with Gasteiger partial charge in [-0.1, -0.05) is 23.7 Å². The van der Waals surface area contributed by atoms with Crippen LogP contribution in [-0.4, -0.2) is 22.1 Å². The lowest BCUT2D eigenvalue weighted by Crippen LogP contribution is -2.15. The molecule has 148 valence electrons. The first-order chi connectivity index (χ1) is 13.9. The normalized spacial score (nSPS) is 11.5. The lowest BCUT2D eigenvalue weighted by atomic mass is 10.2. The third kappa shape index (κ3) is 4.61. The Morgan fingerprint density at radius 1 is 1.10 bits per heavy atom. The van der Waals surface area contributed by atoms with Gasteiger partial charge in [0.15, 0.2) is 0 Å². The van der Waals surface area contributed by atoms with Gasteiger partial charge in [0.1, 0.15) is 5.75 Å². The fraction of sp³-hybridized carbons (Fsp3) is 0.0500. The molecule has 3 aromatic rings. The van der Waals surface area contributed by atoms with Crippen molar-refractivity contribution in [3.8, 4) is 5.75 Å². The number of para-hydroxylation sites is 2. The highest BCUT2D eigenvalue weighted by Gasteiger charge is 2.20. The maximum Gasteiger partial charge on any atom is 0.269 e. The van der Waals surface area contributed by atoms with Crippen LogP contribution in [0, 0.1) is 10.1 Å². The SMILES string of the molecule is COc1ccccc1NC(=O)c1cc(Cl)ccc1S(=O)c1ccc([N+](=O)[O-])cc1. The minimum Gasteiger partial charge on any atom is -0.495 e. The zero-order chi connectivity index (χ0) is 21.0. The molecule has 1 N–H and O–H groups in total. The van der Waals surface area contributed by atoms with E-state index in [2.05, 4.69) is 5.32 Å². The van der Waals surface area contributed by atoms with Gasteiger partial charge in [-0.15, -0.1) is 0 Å². The first-order valence-electron chi connectivity index (χ1n) is 8.31. The molecule has 0 spiro atoms. The van der Waals surface area contributed by atoms with Gasteiger partial charge < -0.3 is 10.1 Å². The number of anilines is 1. The molecule has 0 saturated heterocycles. The van der Waals surface area contributed by atoms with Crippen LogP contribution in [0.1, 0.15) is 10.4 Å². The lowest BCUT2D eigenvalue weighted by Gasteiger charge is -2.13. The maximum absolute atomic E-state index is 13.0. The Morgan fingerprint density at radius 2 is 1.79 bits per heavy atom. The number of methoxy groups -OCH3 is 1. The van der Waals surface area contributed by atoms with Gasteiger partial charge in [0.05, 0.1) is 39.0 Å². The van der Waals surface area contributed by atoms with Crippen molar-refractivity contribution in [3.63, 3.8) is 0 Å². The van der Waals surface area contributed by atoms with E-state index >= 15 is 0 Å². The zero-order valence-electron chi connectivity index (χ0n) is 15.1. The summed E-state index contributed by atoms with van der Waals surface area (Å²) in [5, 5.41) is 13.8. The molecule has 0 aliphatic rings. The van der Waals surface area contributed by atoms with Crippen LogP contribution in [0.5, 0.6) is 5.75 Å². The number of benzene rings is 3. The summed E-state index contributed by atoms with van der Waals surface area (Å²) < 4.78 is 18.3. The number of nitrogens with zero attached hydrogens (tertiary/aromatic N) is 1. The van der Waals surface area contributed by atoms with Crippen LogP contribution in [-0.2, 0) is 10.8 Å². The number of halogens is 1. The summed E-state index contributed by atoms with van der Waals surface area (Å²) in [5.41, 5.74) is 0.461. The van der Waals surface area contributed by atoms with Crippen molar-refractivity contribution in [3.05, 3.63) is 87.4 Å². The first kappa shape index (κ1) is 20.5. The molecule has 1 amide bonds. The molecule has 0 fully saturated rings. The highest BCUT2D eigenvalue weighted by Crippen LogP contribution is 2.28. The molecule has 9 heteroatoms. The average molecular weight is 431 g/mol. The number of ether oxygens (including phenoxy) is 1. The molecular weight excluding hydrogens is 416 g/mol. The molecule has 0 heterocycles. The molecule has 0 aliphatic carbocycles. The van der Waals surface area contributed by atoms with Crippen LogP contribution in [0.2, 0.25) is 5.02 Å². The van der Waals surface area contributed by atoms with Gasteiger partial charge in [0, 0.05) is 22.1 Å². The molecule has 1 atom stereocenters. The van der Waals surface area contributed by atoms with E-state index in [1.807, 2.05) is 0 Å². The minimum absolute atomic E-state index is 0.115. The summed E-state index contributed by atoms with van der Waals surface area (Å²) in [6.07, 6.45) is 0. The second-order valence-electron chi connectivity index (χ2n) is 5.81. The highest BCUT2D eigenvalue weighted by atomic mass is 35.5. The Bertz CT molecular complexity index is 1100. The first-order valence-corrected chi connectivity index (χ1v) is 9.83. The summed E-state index contributed by atoms with van der Waals surface area (Å²) in [6, 6.07) is 16.6. The number of hydrogen-bond acceptors (Lipinski definition) is 5. The van der Waals surface area contributed by atoms with Crippen molar-refractivity contribution in [2.24, 2.45) is 0 Å². The number of non-ortho nitro benzene ring substituents is 1. The van der Waals surface area contributed by atoms with E-state index in [-0.39, 0.29) is 16.1 Å². The molecular formula is C20H15ClN2O5S. The molecule has 3 aromatic carbocycles. The standard InChI is InChI=1S/C20H15ClN2O5S/c1-28-18-5-3-2-4-17(18)22-20(24)16-12-13(21)6-11-19(16)29(27)15-9-7-14(8-10-15)23(25)26/h2-12H,1H3,(H,22,24). The molecule has 0 aliphatic heterocycles. The molecule has 0 radical (unpaired) electrons. The van der Waals surface area contributed by atoms with Gasteiger partial charge in [-0.3, -0.25) is 14.9 Å². The zero-order valence-corrected chi connectivity index (χ0v) is 16.7. The van der Waals surface area contributed by atoms with E-state index in [9.17, 15) is 19.1 Å². The molecule has 0 saturated carbocycles. The van der Waals surface area contributed by atoms with Crippen LogP contribution in [0.3, 0.4) is 0 Å². The number of nitro groups is 1. The number of carbonyl (C=O) groups excluding carboxylic acids is 1. The average Bonchev–Trinajstić information content (AvgIpc) is 2.73. The fourth-order valence-corrected chi connectivity index (χ4v) is 3.95. The van der Waals surface area contributed by atoms with Crippen LogP contribution in [0.4, 0.5) is 11.4 Å². The number of hydrogen-bond donors (Lipinski definition) is 1. The summed E-state index contributed by atoms with van der Waals surface area (Å²) in [5.74, 6) is -0.0387. The summed E-state index contributed by atoms with van der Waals surface area (Å²) in [4.78, 5) is 23.7. The van der Waals surface area contributed by atoms with Gasteiger partial charge in [-0.2, -0.15) is 0 Å². The maximum atomic E-state index is 13.0. The van der Waals surface area contributed by atoms with Crippen molar-refractivity contribution >= 4 is 39.7 Å². The van der Waals surface area contributed by atoms with Gasteiger partial charge in [-0.05, 0) is 42.5 Å². The van der Waals surface area contributed by atoms with E-state index in [0.29, 0.717) is 21.4 Å². The summed E-state index contributed by atoms with van der Waals surface area (Å²) in [7, 11) is -0.262. The van der Waals surface area contributed by atoms with Gasteiger partial charge in [0.25, 0.3) is 11.6 Å². The van der Waals surface area contributed by atoms with Gasteiger partial charge in [0.2, 0.25) is 0 Å². The van der Waals surface area contributed by atoms with Crippen molar-refractivity contribution in [2.45, 2.75) is 9.79 Å². The Hall–Kier alpha value is -3.23.